The lowest BCUT2D eigenvalue weighted by atomic mass is 10.2. The van der Waals surface area contributed by atoms with Crippen molar-refractivity contribution in [1.82, 2.24) is 15.1 Å². The Bertz CT molecular complexity index is 400. The average molecular weight is 265 g/mol. The maximum absolute atomic E-state index is 5.78. The number of aryl methyl sites for hydroxylation is 1. The first-order valence-electron chi connectivity index (χ1n) is 7.21. The fraction of sp³-hybridized carbons (Fsp3) is 0.733. The van der Waals surface area contributed by atoms with Gasteiger partial charge in [-0.25, -0.2) is 0 Å². The summed E-state index contributed by atoms with van der Waals surface area (Å²) in [6.45, 7) is 6.27. The molecule has 4 nitrogen and oxygen atoms in total. The Morgan fingerprint density at radius 1 is 1.47 bits per heavy atom. The molecular formula is C15H27N3O. The zero-order chi connectivity index (χ0) is 13.8. The fourth-order valence-electron chi connectivity index (χ4n) is 2.96. The molecule has 2 rings (SSSR count). The van der Waals surface area contributed by atoms with Gasteiger partial charge in [0.05, 0.1) is 6.54 Å². The number of hydrogen-bond acceptors (Lipinski definition) is 4. The molecule has 1 aliphatic heterocycles. The maximum Gasteiger partial charge on any atom is 0.118 e. The molecule has 1 aromatic heterocycles. The molecule has 1 saturated heterocycles. The highest BCUT2D eigenvalue weighted by Gasteiger charge is 2.25. The molecule has 1 atom stereocenters. The first kappa shape index (κ1) is 14.6. The molecule has 0 amide bonds. The van der Waals surface area contributed by atoms with Gasteiger partial charge in [-0.3, -0.25) is 4.90 Å². The van der Waals surface area contributed by atoms with Crippen LogP contribution in [0, 0.1) is 6.92 Å². The molecule has 1 aromatic rings. The van der Waals surface area contributed by atoms with E-state index in [2.05, 4.69) is 42.2 Å². The number of furan rings is 1. The van der Waals surface area contributed by atoms with Crippen LogP contribution >= 0.6 is 0 Å². The van der Waals surface area contributed by atoms with Crippen molar-refractivity contribution in [2.45, 2.75) is 38.9 Å². The molecule has 19 heavy (non-hydrogen) atoms. The predicted octanol–water partition coefficient (Wildman–Crippen LogP) is 1.83. The van der Waals surface area contributed by atoms with E-state index in [0.717, 1.165) is 31.2 Å². The molecule has 0 saturated carbocycles. The van der Waals surface area contributed by atoms with E-state index in [9.17, 15) is 0 Å². The van der Waals surface area contributed by atoms with Gasteiger partial charge in [-0.15, -0.1) is 0 Å². The van der Waals surface area contributed by atoms with Crippen LogP contribution in [0.15, 0.2) is 10.5 Å². The number of nitrogens with one attached hydrogen (secondary N) is 1. The summed E-state index contributed by atoms with van der Waals surface area (Å²) in [5.74, 6) is 2.11. The Kier molecular flexibility index (Phi) is 5.02. The van der Waals surface area contributed by atoms with Gasteiger partial charge >= 0.3 is 0 Å². The standard InChI is InChI=1S/C15H27N3O/c1-12-13(8-15(19-12)9-16-2)10-18-7-5-6-14(18)11-17(3)4/h8,14,16H,5-7,9-11H2,1-4H3. The Morgan fingerprint density at radius 2 is 2.26 bits per heavy atom. The highest BCUT2D eigenvalue weighted by atomic mass is 16.3. The molecule has 0 radical (unpaired) electrons. The van der Waals surface area contributed by atoms with Crippen LogP contribution in [0.1, 0.15) is 29.9 Å². The largest absolute Gasteiger partial charge is 0.465 e. The molecular weight excluding hydrogens is 238 g/mol. The van der Waals surface area contributed by atoms with E-state index in [1.807, 2.05) is 7.05 Å². The SMILES string of the molecule is CNCc1cc(CN2CCCC2CN(C)C)c(C)o1. The van der Waals surface area contributed by atoms with Crippen LogP contribution in [-0.2, 0) is 13.1 Å². The van der Waals surface area contributed by atoms with E-state index < -0.39 is 0 Å². The molecule has 4 heteroatoms. The van der Waals surface area contributed by atoms with Gasteiger partial charge in [0.15, 0.2) is 0 Å². The molecule has 1 N–H and O–H groups in total. The first-order valence-corrected chi connectivity index (χ1v) is 7.21. The van der Waals surface area contributed by atoms with Gasteiger partial charge < -0.3 is 14.6 Å². The second kappa shape index (κ2) is 6.55. The summed E-state index contributed by atoms with van der Waals surface area (Å²) >= 11 is 0. The van der Waals surface area contributed by atoms with Crippen LogP contribution in [0.3, 0.4) is 0 Å². The molecule has 1 fully saturated rings. The van der Waals surface area contributed by atoms with Gasteiger partial charge in [0.25, 0.3) is 0 Å². The third-order valence-corrected chi connectivity index (χ3v) is 3.87. The van der Waals surface area contributed by atoms with Gasteiger partial charge in [-0.2, -0.15) is 0 Å². The predicted molar refractivity (Wildman–Crippen MR) is 78.2 cm³/mol. The van der Waals surface area contributed by atoms with E-state index in [-0.39, 0.29) is 0 Å². The third kappa shape index (κ3) is 3.81. The Hall–Kier alpha value is -0.840. The third-order valence-electron chi connectivity index (χ3n) is 3.87. The number of likely N-dealkylation sites (N-methyl/N-ethyl adjacent to an activating group) is 1. The molecule has 1 aliphatic rings. The van der Waals surface area contributed by atoms with E-state index >= 15 is 0 Å². The first-order chi connectivity index (χ1) is 9.10. The molecule has 0 bridgehead atoms. The summed E-state index contributed by atoms with van der Waals surface area (Å²) < 4.78 is 5.78. The van der Waals surface area contributed by atoms with E-state index in [4.69, 9.17) is 4.42 Å². The van der Waals surface area contributed by atoms with Crippen LogP contribution in [-0.4, -0.2) is 50.1 Å². The normalized spacial score (nSPS) is 20.6. The lowest BCUT2D eigenvalue weighted by Crippen LogP contribution is -2.37. The summed E-state index contributed by atoms with van der Waals surface area (Å²) in [6, 6.07) is 2.90. The zero-order valence-electron chi connectivity index (χ0n) is 12.7. The van der Waals surface area contributed by atoms with Crippen molar-refractivity contribution in [1.29, 1.82) is 0 Å². The minimum Gasteiger partial charge on any atom is -0.465 e. The van der Waals surface area contributed by atoms with E-state index in [1.54, 1.807) is 0 Å². The molecule has 0 aromatic carbocycles. The summed E-state index contributed by atoms with van der Waals surface area (Å²) in [5.41, 5.74) is 1.34. The van der Waals surface area contributed by atoms with Gasteiger partial charge in [-0.05, 0) is 53.5 Å². The molecule has 0 spiro atoms. The van der Waals surface area contributed by atoms with E-state index in [0.29, 0.717) is 6.04 Å². The maximum atomic E-state index is 5.78. The number of hydrogen-bond donors (Lipinski definition) is 1. The van der Waals surface area contributed by atoms with Gasteiger partial charge in [-0.1, -0.05) is 0 Å². The summed E-state index contributed by atoms with van der Waals surface area (Å²) in [4.78, 5) is 4.89. The quantitative estimate of drug-likeness (QED) is 0.850. The van der Waals surface area contributed by atoms with Crippen molar-refractivity contribution in [2.75, 3.05) is 34.2 Å². The summed E-state index contributed by atoms with van der Waals surface area (Å²) in [6.07, 6.45) is 2.64. The monoisotopic (exact) mass is 265 g/mol. The van der Waals surface area contributed by atoms with Crippen LogP contribution in [0.4, 0.5) is 0 Å². The number of likely N-dealkylation sites (tertiary alicyclic amines) is 1. The lowest BCUT2D eigenvalue weighted by Gasteiger charge is -2.26. The molecule has 1 unspecified atom stereocenters. The molecule has 2 heterocycles. The Morgan fingerprint density at radius 3 is 2.95 bits per heavy atom. The van der Waals surface area contributed by atoms with Gasteiger partial charge in [0.1, 0.15) is 11.5 Å². The van der Waals surface area contributed by atoms with Gasteiger partial charge in [0.2, 0.25) is 0 Å². The second-order valence-corrected chi connectivity index (χ2v) is 5.85. The topological polar surface area (TPSA) is 31.6 Å². The van der Waals surface area contributed by atoms with Crippen molar-refractivity contribution >= 4 is 0 Å². The summed E-state index contributed by atoms with van der Waals surface area (Å²) in [5, 5.41) is 3.14. The Labute approximate surface area is 116 Å². The lowest BCUT2D eigenvalue weighted by molar-refractivity contribution is 0.200. The smallest absolute Gasteiger partial charge is 0.118 e. The number of nitrogens with zero attached hydrogens (tertiary/aromatic N) is 2. The highest BCUT2D eigenvalue weighted by molar-refractivity contribution is 5.21. The number of rotatable bonds is 6. The fourth-order valence-corrected chi connectivity index (χ4v) is 2.96. The molecule has 0 aliphatic carbocycles. The molecule has 108 valence electrons. The van der Waals surface area contributed by atoms with Gasteiger partial charge in [0, 0.05) is 24.7 Å². The van der Waals surface area contributed by atoms with Crippen molar-refractivity contribution in [3.05, 3.63) is 23.2 Å². The highest BCUT2D eigenvalue weighted by Crippen LogP contribution is 2.23. The van der Waals surface area contributed by atoms with Crippen molar-refractivity contribution in [2.24, 2.45) is 0 Å². The minimum atomic E-state index is 0.692. The van der Waals surface area contributed by atoms with Crippen molar-refractivity contribution in [3.8, 4) is 0 Å². The van der Waals surface area contributed by atoms with E-state index in [1.165, 1.54) is 24.9 Å². The van der Waals surface area contributed by atoms with Crippen LogP contribution in [0.5, 0.6) is 0 Å². The zero-order valence-corrected chi connectivity index (χ0v) is 12.7. The van der Waals surface area contributed by atoms with Crippen LogP contribution in [0.2, 0.25) is 0 Å². The Balaban J connectivity index is 1.99. The second-order valence-electron chi connectivity index (χ2n) is 5.85. The minimum absolute atomic E-state index is 0.692. The van der Waals surface area contributed by atoms with Crippen molar-refractivity contribution in [3.63, 3.8) is 0 Å². The van der Waals surface area contributed by atoms with Crippen LogP contribution < -0.4 is 5.32 Å². The van der Waals surface area contributed by atoms with Crippen LogP contribution in [0.25, 0.3) is 0 Å². The van der Waals surface area contributed by atoms with Crippen molar-refractivity contribution < 1.29 is 4.42 Å². The summed E-state index contributed by atoms with van der Waals surface area (Å²) in [7, 11) is 6.26. The average Bonchev–Trinajstić information content (AvgIpc) is 2.88.